The molecule has 0 saturated carbocycles. The molecule has 0 amide bonds. The second-order valence-corrected chi connectivity index (χ2v) is 7.83. The Morgan fingerprint density at radius 3 is 2.61 bits per heavy atom. The highest BCUT2D eigenvalue weighted by molar-refractivity contribution is 7.92. The molecule has 0 atom stereocenters. The van der Waals surface area contributed by atoms with Gasteiger partial charge in [0.1, 0.15) is 11.2 Å². The summed E-state index contributed by atoms with van der Waals surface area (Å²) in [5, 5.41) is 7.49. The van der Waals surface area contributed by atoms with Gasteiger partial charge in [-0.25, -0.2) is 8.42 Å². The van der Waals surface area contributed by atoms with Gasteiger partial charge >= 0.3 is 6.18 Å². The maximum Gasteiger partial charge on any atom is 0.416 e. The van der Waals surface area contributed by atoms with Crippen LogP contribution in [-0.2, 0) is 22.7 Å². The highest BCUT2D eigenvalue weighted by atomic mass is 35.5. The molecule has 0 fully saturated rings. The van der Waals surface area contributed by atoms with Crippen LogP contribution in [0.1, 0.15) is 12.5 Å². The molecule has 0 spiro atoms. The number of hydrogen-bond acceptors (Lipinski definition) is 4. The summed E-state index contributed by atoms with van der Waals surface area (Å²) in [6.07, 6.45) is -3.16. The van der Waals surface area contributed by atoms with Gasteiger partial charge in [-0.1, -0.05) is 23.7 Å². The zero-order chi connectivity index (χ0) is 20.5. The molecule has 11 heteroatoms. The number of rotatable bonds is 5. The molecular weight excluding hydrogens is 417 g/mol. The number of aryl methyl sites for hydroxylation is 1. The number of nitrogens with zero attached hydrogens (tertiary/aromatic N) is 3. The maximum atomic E-state index is 12.9. The zero-order valence-electron chi connectivity index (χ0n) is 14.4. The smallest absolute Gasteiger partial charge is 0.314 e. The Hall–Kier alpha value is -2.59. The molecule has 3 rings (SSSR count). The van der Waals surface area contributed by atoms with Crippen molar-refractivity contribution in [1.82, 2.24) is 14.8 Å². The number of hydrogen-bond donors (Lipinski definition) is 1. The number of alkyl halides is 3. The van der Waals surface area contributed by atoms with E-state index in [2.05, 4.69) is 14.9 Å². The third kappa shape index (κ3) is 4.12. The lowest BCUT2D eigenvalue weighted by atomic mass is 10.2. The fraction of sp³-hybridized carbons (Fsp3) is 0.176. The second-order valence-electron chi connectivity index (χ2n) is 5.77. The topological polar surface area (TPSA) is 76.9 Å². The van der Waals surface area contributed by atoms with Crippen molar-refractivity contribution >= 4 is 27.3 Å². The lowest BCUT2D eigenvalue weighted by molar-refractivity contribution is -0.137. The summed E-state index contributed by atoms with van der Waals surface area (Å²) in [5.74, 6) is 0.528. The first-order valence-electron chi connectivity index (χ1n) is 7.99. The van der Waals surface area contributed by atoms with Gasteiger partial charge in [-0.05, 0) is 37.3 Å². The van der Waals surface area contributed by atoms with Crippen molar-refractivity contribution < 1.29 is 21.6 Å². The van der Waals surface area contributed by atoms with Crippen LogP contribution < -0.4 is 4.72 Å². The highest BCUT2D eigenvalue weighted by Gasteiger charge is 2.32. The minimum atomic E-state index is -4.70. The molecule has 28 heavy (non-hydrogen) atoms. The van der Waals surface area contributed by atoms with Crippen LogP contribution >= 0.6 is 11.6 Å². The molecule has 148 valence electrons. The van der Waals surface area contributed by atoms with Crippen molar-refractivity contribution in [1.29, 1.82) is 0 Å². The van der Waals surface area contributed by atoms with E-state index in [0.29, 0.717) is 24.0 Å². The summed E-state index contributed by atoms with van der Waals surface area (Å²) in [6, 6.07) is 8.41. The van der Waals surface area contributed by atoms with Gasteiger partial charge in [0, 0.05) is 17.8 Å². The van der Waals surface area contributed by atoms with E-state index in [1.54, 1.807) is 16.7 Å². The van der Waals surface area contributed by atoms with Gasteiger partial charge in [0.25, 0.3) is 10.0 Å². The van der Waals surface area contributed by atoms with Crippen molar-refractivity contribution in [3.8, 4) is 11.4 Å². The minimum absolute atomic E-state index is 0.150. The van der Waals surface area contributed by atoms with Crippen LogP contribution in [-0.4, -0.2) is 23.2 Å². The van der Waals surface area contributed by atoms with E-state index in [1.165, 1.54) is 18.5 Å². The first-order chi connectivity index (χ1) is 13.1. The molecule has 2 aromatic carbocycles. The van der Waals surface area contributed by atoms with Crippen LogP contribution in [0, 0.1) is 0 Å². The van der Waals surface area contributed by atoms with Crippen molar-refractivity contribution in [2.75, 3.05) is 4.72 Å². The largest absolute Gasteiger partial charge is 0.416 e. The predicted octanol–water partition coefficient (Wildman–Crippen LogP) is 4.44. The number of benzene rings is 2. The molecule has 1 heterocycles. The molecule has 0 saturated heterocycles. The van der Waals surface area contributed by atoms with Gasteiger partial charge in [-0.3, -0.25) is 4.72 Å². The predicted molar refractivity (Wildman–Crippen MR) is 98.4 cm³/mol. The van der Waals surface area contributed by atoms with E-state index in [-0.39, 0.29) is 10.7 Å². The molecule has 3 aromatic rings. The summed E-state index contributed by atoms with van der Waals surface area (Å²) < 4.78 is 68.0. The molecular formula is C17H14ClF3N4O2S. The summed E-state index contributed by atoms with van der Waals surface area (Å²) in [5.41, 5.74) is -0.367. The Bertz CT molecular complexity index is 1110. The van der Waals surface area contributed by atoms with E-state index in [4.69, 9.17) is 11.6 Å². The standard InChI is InChI=1S/C17H14ClF3N4O2S/c1-2-25-10-22-23-16(25)11-4-3-5-13(8-11)24-28(26,27)15-9-12(17(19,20)21)6-7-14(15)18/h3-10,24H,2H2,1H3. The Kier molecular flexibility index (Phi) is 5.35. The SMILES string of the molecule is CCn1cnnc1-c1cccc(NS(=O)(=O)c2cc(C(F)(F)F)ccc2Cl)c1. The average molecular weight is 431 g/mol. The summed E-state index contributed by atoms with van der Waals surface area (Å²) in [7, 11) is -4.35. The number of halogens is 4. The van der Waals surface area contributed by atoms with E-state index >= 15 is 0 Å². The van der Waals surface area contributed by atoms with Crippen LogP contribution in [0.3, 0.4) is 0 Å². The first-order valence-corrected chi connectivity index (χ1v) is 9.85. The van der Waals surface area contributed by atoms with Gasteiger partial charge in [-0.15, -0.1) is 10.2 Å². The van der Waals surface area contributed by atoms with Crippen molar-refractivity contribution in [3.05, 3.63) is 59.4 Å². The summed E-state index contributed by atoms with van der Waals surface area (Å²) in [4.78, 5) is -0.661. The van der Waals surface area contributed by atoms with Gasteiger partial charge < -0.3 is 4.57 Å². The summed E-state index contributed by atoms with van der Waals surface area (Å²) >= 11 is 5.84. The fourth-order valence-electron chi connectivity index (χ4n) is 2.53. The van der Waals surface area contributed by atoms with Gasteiger partial charge in [-0.2, -0.15) is 13.2 Å². The number of sulfonamides is 1. The van der Waals surface area contributed by atoms with E-state index < -0.39 is 26.7 Å². The molecule has 0 aliphatic heterocycles. The Morgan fingerprint density at radius 1 is 1.18 bits per heavy atom. The maximum absolute atomic E-state index is 12.9. The van der Waals surface area contributed by atoms with Crippen LogP contribution in [0.15, 0.2) is 53.7 Å². The van der Waals surface area contributed by atoms with Crippen molar-refractivity contribution in [3.63, 3.8) is 0 Å². The molecule has 0 bridgehead atoms. The van der Waals surface area contributed by atoms with Crippen LogP contribution in [0.25, 0.3) is 11.4 Å². The minimum Gasteiger partial charge on any atom is -0.314 e. The third-order valence-corrected chi connectivity index (χ3v) is 5.74. The van der Waals surface area contributed by atoms with Crippen LogP contribution in [0.2, 0.25) is 5.02 Å². The Labute approximate surface area is 164 Å². The highest BCUT2D eigenvalue weighted by Crippen LogP contribution is 2.34. The lowest BCUT2D eigenvalue weighted by Crippen LogP contribution is -2.15. The van der Waals surface area contributed by atoms with E-state index in [1.807, 2.05) is 6.92 Å². The molecule has 0 aliphatic carbocycles. The zero-order valence-corrected chi connectivity index (χ0v) is 16.0. The van der Waals surface area contributed by atoms with E-state index in [0.717, 1.165) is 12.1 Å². The second kappa shape index (κ2) is 7.44. The van der Waals surface area contributed by atoms with Gasteiger partial charge in [0.05, 0.1) is 10.6 Å². The first kappa shape index (κ1) is 20.2. The van der Waals surface area contributed by atoms with Crippen LogP contribution in [0.4, 0.5) is 18.9 Å². The van der Waals surface area contributed by atoms with Crippen LogP contribution in [0.5, 0.6) is 0 Å². The quantitative estimate of drug-likeness (QED) is 0.649. The normalized spacial score (nSPS) is 12.2. The Balaban J connectivity index is 1.97. The number of anilines is 1. The van der Waals surface area contributed by atoms with Crippen molar-refractivity contribution in [2.45, 2.75) is 24.5 Å². The lowest BCUT2D eigenvalue weighted by Gasteiger charge is -2.13. The third-order valence-electron chi connectivity index (χ3n) is 3.88. The molecule has 0 unspecified atom stereocenters. The average Bonchev–Trinajstić information content (AvgIpc) is 3.09. The summed E-state index contributed by atoms with van der Waals surface area (Å²) in [6.45, 7) is 2.51. The molecule has 0 radical (unpaired) electrons. The number of aromatic nitrogens is 3. The van der Waals surface area contributed by atoms with E-state index in [9.17, 15) is 21.6 Å². The fourth-order valence-corrected chi connectivity index (χ4v) is 4.10. The van der Waals surface area contributed by atoms with Crippen molar-refractivity contribution in [2.24, 2.45) is 0 Å². The monoisotopic (exact) mass is 430 g/mol. The Morgan fingerprint density at radius 2 is 1.93 bits per heavy atom. The number of nitrogens with one attached hydrogen (secondary N) is 1. The molecule has 1 aromatic heterocycles. The molecule has 1 N–H and O–H groups in total. The van der Waals surface area contributed by atoms with Gasteiger partial charge in [0.15, 0.2) is 5.82 Å². The van der Waals surface area contributed by atoms with Gasteiger partial charge in [0.2, 0.25) is 0 Å². The molecule has 6 nitrogen and oxygen atoms in total. The molecule has 0 aliphatic rings.